The summed E-state index contributed by atoms with van der Waals surface area (Å²) in [6, 6.07) is 28.7. The zero-order chi connectivity index (χ0) is 27.1. The third kappa shape index (κ3) is 4.19. The highest BCUT2D eigenvalue weighted by atomic mass is 32.1. The van der Waals surface area contributed by atoms with Crippen LogP contribution in [0.3, 0.4) is 0 Å². The molecule has 1 saturated heterocycles. The van der Waals surface area contributed by atoms with E-state index >= 15 is 0 Å². The van der Waals surface area contributed by atoms with Crippen LogP contribution in [-0.2, 0) is 0 Å². The predicted molar refractivity (Wildman–Crippen MR) is 160 cm³/mol. The Bertz CT molecular complexity index is 1680. The SMILES string of the molecule is COc1ccc(N2C(=S)N[C@H](c3ccccn3)[C@@H]2c2cc(C)n(-c3cccc4ccccc34)c2C)c(OC)c1. The summed E-state index contributed by atoms with van der Waals surface area (Å²) in [7, 11) is 3.32. The first kappa shape index (κ1) is 24.9. The van der Waals surface area contributed by atoms with Crippen molar-refractivity contribution in [1.29, 1.82) is 0 Å². The number of fused-ring (bicyclic) bond motifs is 1. The van der Waals surface area contributed by atoms with E-state index in [1.807, 2.05) is 42.6 Å². The Morgan fingerprint density at radius 1 is 0.846 bits per heavy atom. The van der Waals surface area contributed by atoms with Gasteiger partial charge in [-0.15, -0.1) is 0 Å². The van der Waals surface area contributed by atoms with Crippen molar-refractivity contribution in [1.82, 2.24) is 14.9 Å². The summed E-state index contributed by atoms with van der Waals surface area (Å²) >= 11 is 5.98. The van der Waals surface area contributed by atoms with Gasteiger partial charge in [0.1, 0.15) is 11.5 Å². The van der Waals surface area contributed by atoms with E-state index in [0.717, 1.165) is 34.2 Å². The number of hydrogen-bond acceptors (Lipinski definition) is 4. The summed E-state index contributed by atoms with van der Waals surface area (Å²) in [6.07, 6.45) is 1.83. The summed E-state index contributed by atoms with van der Waals surface area (Å²) < 4.78 is 13.6. The zero-order valence-electron chi connectivity index (χ0n) is 22.4. The average molecular weight is 535 g/mol. The molecule has 0 amide bonds. The molecule has 5 aromatic rings. The summed E-state index contributed by atoms with van der Waals surface area (Å²) in [5.74, 6) is 1.41. The second-order valence-electron chi connectivity index (χ2n) is 9.69. The lowest BCUT2D eigenvalue weighted by Crippen LogP contribution is -2.30. The van der Waals surface area contributed by atoms with Gasteiger partial charge in [0.05, 0.1) is 43.4 Å². The quantitative estimate of drug-likeness (QED) is 0.241. The highest BCUT2D eigenvalue weighted by Gasteiger charge is 2.43. The smallest absolute Gasteiger partial charge is 0.174 e. The topological polar surface area (TPSA) is 51.5 Å². The number of nitrogens with one attached hydrogen (secondary N) is 1. The van der Waals surface area contributed by atoms with Gasteiger partial charge in [-0.2, -0.15) is 0 Å². The largest absolute Gasteiger partial charge is 0.497 e. The highest BCUT2D eigenvalue weighted by molar-refractivity contribution is 7.80. The van der Waals surface area contributed by atoms with Crippen LogP contribution >= 0.6 is 12.2 Å². The van der Waals surface area contributed by atoms with Crippen LogP contribution in [0.25, 0.3) is 16.5 Å². The lowest BCUT2D eigenvalue weighted by atomic mass is 9.96. The van der Waals surface area contributed by atoms with Crippen LogP contribution in [-0.4, -0.2) is 28.9 Å². The number of thiocarbonyl (C=S) groups is 1. The molecule has 1 aliphatic rings. The molecule has 0 saturated carbocycles. The van der Waals surface area contributed by atoms with Crippen molar-refractivity contribution in [2.45, 2.75) is 25.9 Å². The van der Waals surface area contributed by atoms with Crippen molar-refractivity contribution in [3.8, 4) is 17.2 Å². The van der Waals surface area contributed by atoms with Crippen LogP contribution in [0.5, 0.6) is 11.5 Å². The summed E-state index contributed by atoms with van der Waals surface area (Å²) in [5, 5.41) is 6.61. The summed E-state index contributed by atoms with van der Waals surface area (Å²) in [5.41, 5.74) is 6.42. The molecule has 6 nitrogen and oxygen atoms in total. The van der Waals surface area contributed by atoms with Crippen molar-refractivity contribution in [2.75, 3.05) is 19.1 Å². The maximum absolute atomic E-state index is 5.98. The van der Waals surface area contributed by atoms with Gasteiger partial charge in [-0.25, -0.2) is 0 Å². The second kappa shape index (κ2) is 10.1. The van der Waals surface area contributed by atoms with E-state index in [2.05, 4.69) is 77.2 Å². The number of aromatic nitrogens is 2. The number of hydrogen-bond donors (Lipinski definition) is 1. The number of pyridine rings is 1. The van der Waals surface area contributed by atoms with Crippen LogP contribution in [0.4, 0.5) is 5.69 Å². The third-order valence-electron chi connectivity index (χ3n) is 7.54. The molecule has 39 heavy (non-hydrogen) atoms. The van der Waals surface area contributed by atoms with Gasteiger partial charge in [0.2, 0.25) is 0 Å². The number of nitrogens with zero attached hydrogens (tertiary/aromatic N) is 3. The first-order valence-corrected chi connectivity index (χ1v) is 13.3. The molecule has 1 fully saturated rings. The molecule has 0 spiro atoms. The van der Waals surface area contributed by atoms with Crippen molar-refractivity contribution < 1.29 is 9.47 Å². The summed E-state index contributed by atoms with van der Waals surface area (Å²) in [4.78, 5) is 6.88. The molecule has 6 rings (SSSR count). The maximum Gasteiger partial charge on any atom is 0.174 e. The molecule has 2 atom stereocenters. The van der Waals surface area contributed by atoms with Crippen LogP contribution < -0.4 is 19.7 Å². The van der Waals surface area contributed by atoms with E-state index in [9.17, 15) is 0 Å². The first-order chi connectivity index (χ1) is 19.0. The van der Waals surface area contributed by atoms with Gasteiger partial charge in [-0.05, 0) is 73.4 Å². The number of methoxy groups -OCH3 is 2. The normalized spacial score (nSPS) is 16.9. The van der Waals surface area contributed by atoms with Crippen molar-refractivity contribution in [3.63, 3.8) is 0 Å². The maximum atomic E-state index is 5.98. The van der Waals surface area contributed by atoms with E-state index in [4.69, 9.17) is 26.7 Å². The molecule has 0 radical (unpaired) electrons. The van der Waals surface area contributed by atoms with E-state index in [0.29, 0.717) is 10.9 Å². The number of anilines is 1. The van der Waals surface area contributed by atoms with Crippen molar-refractivity contribution in [3.05, 3.63) is 114 Å². The van der Waals surface area contributed by atoms with Crippen LogP contribution in [0, 0.1) is 13.8 Å². The van der Waals surface area contributed by atoms with E-state index < -0.39 is 0 Å². The fraction of sp³-hybridized carbons (Fsp3) is 0.188. The highest BCUT2D eigenvalue weighted by Crippen LogP contribution is 2.47. The minimum atomic E-state index is -0.162. The molecule has 196 valence electrons. The van der Waals surface area contributed by atoms with Crippen molar-refractivity contribution >= 4 is 33.8 Å². The van der Waals surface area contributed by atoms with Gasteiger partial charge in [0.25, 0.3) is 0 Å². The molecule has 1 aliphatic heterocycles. The van der Waals surface area contributed by atoms with Crippen LogP contribution in [0.2, 0.25) is 0 Å². The molecule has 0 bridgehead atoms. The molecule has 1 N–H and O–H groups in total. The van der Waals surface area contributed by atoms with E-state index in [-0.39, 0.29) is 12.1 Å². The number of rotatable bonds is 6. The predicted octanol–water partition coefficient (Wildman–Crippen LogP) is 6.84. The minimum absolute atomic E-state index is 0.160. The lowest BCUT2D eigenvalue weighted by Gasteiger charge is -2.29. The minimum Gasteiger partial charge on any atom is -0.497 e. The molecule has 7 heteroatoms. The lowest BCUT2D eigenvalue weighted by molar-refractivity contribution is 0.394. The average Bonchev–Trinajstić information content (AvgIpc) is 3.47. The van der Waals surface area contributed by atoms with Gasteiger partial charge in [0.15, 0.2) is 5.11 Å². The van der Waals surface area contributed by atoms with Gasteiger partial charge < -0.3 is 24.3 Å². The molecule has 2 aromatic heterocycles. The van der Waals surface area contributed by atoms with Crippen molar-refractivity contribution in [2.24, 2.45) is 0 Å². The fourth-order valence-electron chi connectivity index (χ4n) is 5.78. The Hall–Kier alpha value is -4.36. The van der Waals surface area contributed by atoms with Gasteiger partial charge in [-0.3, -0.25) is 4.98 Å². The van der Waals surface area contributed by atoms with Gasteiger partial charge in [0, 0.05) is 29.0 Å². The monoisotopic (exact) mass is 534 g/mol. The Morgan fingerprint density at radius 2 is 1.64 bits per heavy atom. The van der Waals surface area contributed by atoms with Crippen LogP contribution in [0.1, 0.15) is 34.7 Å². The molecular formula is C32H30N4O2S. The Morgan fingerprint density at radius 3 is 2.41 bits per heavy atom. The second-order valence-corrected chi connectivity index (χ2v) is 10.1. The molecule has 0 aliphatic carbocycles. The molecule has 3 aromatic carbocycles. The Kier molecular flexibility index (Phi) is 6.45. The first-order valence-electron chi connectivity index (χ1n) is 12.9. The number of aryl methyl sites for hydroxylation is 1. The number of benzene rings is 3. The summed E-state index contributed by atoms with van der Waals surface area (Å²) in [6.45, 7) is 4.34. The Balaban J connectivity index is 1.56. The standard InChI is InChI=1S/C32H30N4O2S/c1-20-18-25(21(2)35(20)27-14-9-11-22-10-5-6-12-24(22)27)31-30(26-13-7-8-17-33-26)34-32(39)36(31)28-16-15-23(37-3)19-29(28)38-4/h5-19,30-31H,1-4H3,(H,34,39)/t30-,31+/m1/s1. The zero-order valence-corrected chi connectivity index (χ0v) is 23.2. The van der Waals surface area contributed by atoms with E-state index in [1.165, 1.54) is 16.3 Å². The van der Waals surface area contributed by atoms with Gasteiger partial charge in [-0.1, -0.05) is 42.5 Å². The van der Waals surface area contributed by atoms with E-state index in [1.54, 1.807) is 14.2 Å². The fourth-order valence-corrected chi connectivity index (χ4v) is 6.11. The van der Waals surface area contributed by atoms with Gasteiger partial charge >= 0.3 is 0 Å². The molecule has 3 heterocycles. The Labute approximate surface area is 233 Å². The molecule has 0 unspecified atom stereocenters. The van der Waals surface area contributed by atoms with Crippen LogP contribution in [0.15, 0.2) is 91.1 Å². The third-order valence-corrected chi connectivity index (χ3v) is 7.86. The number of ether oxygens (including phenoxy) is 2. The molecular weight excluding hydrogens is 504 g/mol.